The second-order valence-electron chi connectivity index (χ2n) is 5.21. The van der Waals surface area contributed by atoms with Crippen LogP contribution in [0, 0.1) is 0 Å². The molecular weight excluding hydrogens is 246 g/mol. The molecule has 100 valence electrons. The summed E-state index contributed by atoms with van der Waals surface area (Å²) in [6.45, 7) is 7.12. The average Bonchev–Trinajstić information content (AvgIpc) is 3.00. The van der Waals surface area contributed by atoms with Gasteiger partial charge in [-0.1, -0.05) is 13.8 Å². The van der Waals surface area contributed by atoms with E-state index in [9.17, 15) is 4.79 Å². The molecule has 18 heavy (non-hydrogen) atoms. The summed E-state index contributed by atoms with van der Waals surface area (Å²) >= 11 is 1.65. The average molecular weight is 267 g/mol. The molecule has 0 saturated carbocycles. The van der Waals surface area contributed by atoms with E-state index in [1.54, 1.807) is 11.3 Å². The summed E-state index contributed by atoms with van der Waals surface area (Å²) in [4.78, 5) is 13.3. The highest BCUT2D eigenvalue weighted by Crippen LogP contribution is 2.23. The highest BCUT2D eigenvalue weighted by atomic mass is 32.1. The Kier molecular flexibility index (Phi) is 4.40. The third-order valence-corrected chi connectivity index (χ3v) is 4.57. The Hall–Kier alpha value is -0.870. The molecule has 2 rings (SSSR count). The van der Waals surface area contributed by atoms with E-state index in [2.05, 4.69) is 19.2 Å². The maximum Gasteiger partial charge on any atom is 0.252 e. The first-order valence-electron chi connectivity index (χ1n) is 6.59. The molecule has 1 aromatic heterocycles. The van der Waals surface area contributed by atoms with Crippen molar-refractivity contribution in [2.24, 2.45) is 0 Å². The lowest BCUT2D eigenvalue weighted by molar-refractivity contribution is 0.0712. The Morgan fingerprint density at radius 2 is 2.28 bits per heavy atom. The first kappa shape index (κ1) is 13.6. The van der Waals surface area contributed by atoms with Crippen LogP contribution in [0.15, 0.2) is 11.4 Å². The SMILES string of the molecule is CC(C)c1cc(C(=O)N[C@@H](C)[C@H]2CCCO2)cs1. The van der Waals surface area contributed by atoms with Crippen LogP contribution in [-0.4, -0.2) is 24.7 Å². The molecule has 1 aliphatic rings. The minimum atomic E-state index is 0.0150. The van der Waals surface area contributed by atoms with E-state index in [0.29, 0.717) is 5.92 Å². The molecule has 0 spiro atoms. The summed E-state index contributed by atoms with van der Waals surface area (Å²) in [7, 11) is 0. The molecule has 1 N–H and O–H groups in total. The zero-order valence-electron chi connectivity index (χ0n) is 11.2. The molecule has 4 heteroatoms. The molecule has 1 saturated heterocycles. The summed E-state index contributed by atoms with van der Waals surface area (Å²) < 4.78 is 5.58. The monoisotopic (exact) mass is 267 g/mol. The van der Waals surface area contributed by atoms with Crippen molar-refractivity contribution in [2.45, 2.75) is 51.7 Å². The molecule has 1 aromatic rings. The molecule has 2 atom stereocenters. The van der Waals surface area contributed by atoms with Gasteiger partial charge in [-0.05, 0) is 31.7 Å². The summed E-state index contributed by atoms with van der Waals surface area (Å²) in [6.07, 6.45) is 2.32. The number of carbonyl (C=O) groups excluding carboxylic acids is 1. The van der Waals surface area contributed by atoms with Crippen LogP contribution in [0.3, 0.4) is 0 Å². The zero-order valence-corrected chi connectivity index (χ0v) is 12.0. The molecule has 0 aliphatic carbocycles. The van der Waals surface area contributed by atoms with Crippen molar-refractivity contribution in [1.82, 2.24) is 5.32 Å². The minimum Gasteiger partial charge on any atom is -0.376 e. The first-order chi connectivity index (χ1) is 8.58. The lowest BCUT2D eigenvalue weighted by Gasteiger charge is -2.19. The predicted molar refractivity (Wildman–Crippen MR) is 74.3 cm³/mol. The molecule has 1 aliphatic heterocycles. The third-order valence-electron chi connectivity index (χ3n) is 3.33. The minimum absolute atomic E-state index is 0.0150. The van der Waals surface area contributed by atoms with Gasteiger partial charge in [-0.3, -0.25) is 4.79 Å². The fourth-order valence-corrected chi connectivity index (χ4v) is 3.06. The number of hydrogen-bond donors (Lipinski definition) is 1. The standard InChI is InChI=1S/C14H21NO2S/c1-9(2)13-7-11(8-18-13)14(16)15-10(3)12-5-4-6-17-12/h7-10,12H,4-6H2,1-3H3,(H,15,16)/t10-,12+/m0/s1. The van der Waals surface area contributed by atoms with Gasteiger partial charge in [-0.2, -0.15) is 0 Å². The van der Waals surface area contributed by atoms with E-state index in [1.165, 1.54) is 4.88 Å². The second-order valence-corrected chi connectivity index (χ2v) is 6.15. The van der Waals surface area contributed by atoms with Crippen molar-refractivity contribution in [2.75, 3.05) is 6.61 Å². The van der Waals surface area contributed by atoms with Crippen LogP contribution >= 0.6 is 11.3 Å². The highest BCUT2D eigenvalue weighted by Gasteiger charge is 2.24. The summed E-state index contributed by atoms with van der Waals surface area (Å²) in [5, 5.41) is 4.97. The largest absolute Gasteiger partial charge is 0.376 e. The van der Waals surface area contributed by atoms with Crippen LogP contribution in [0.5, 0.6) is 0 Å². The predicted octanol–water partition coefficient (Wildman–Crippen LogP) is 3.17. The summed E-state index contributed by atoms with van der Waals surface area (Å²) in [5.41, 5.74) is 0.772. The number of rotatable bonds is 4. The molecule has 1 fully saturated rings. The van der Waals surface area contributed by atoms with Gasteiger partial charge in [0.25, 0.3) is 5.91 Å². The van der Waals surface area contributed by atoms with Gasteiger partial charge in [-0.25, -0.2) is 0 Å². The normalized spacial score (nSPS) is 21.2. The lowest BCUT2D eigenvalue weighted by Crippen LogP contribution is -2.40. The van der Waals surface area contributed by atoms with Crippen LogP contribution in [0.25, 0.3) is 0 Å². The molecule has 3 nitrogen and oxygen atoms in total. The van der Waals surface area contributed by atoms with Gasteiger partial charge in [0, 0.05) is 16.9 Å². The van der Waals surface area contributed by atoms with Gasteiger partial charge in [-0.15, -0.1) is 11.3 Å². The smallest absolute Gasteiger partial charge is 0.252 e. The number of nitrogens with one attached hydrogen (secondary N) is 1. The quantitative estimate of drug-likeness (QED) is 0.910. The van der Waals surface area contributed by atoms with E-state index in [0.717, 1.165) is 25.0 Å². The first-order valence-corrected chi connectivity index (χ1v) is 7.46. The number of amides is 1. The Morgan fingerprint density at radius 1 is 1.50 bits per heavy atom. The van der Waals surface area contributed by atoms with E-state index in [4.69, 9.17) is 4.74 Å². The fourth-order valence-electron chi connectivity index (χ4n) is 2.15. The van der Waals surface area contributed by atoms with Crippen molar-refractivity contribution < 1.29 is 9.53 Å². The maximum atomic E-state index is 12.1. The number of hydrogen-bond acceptors (Lipinski definition) is 3. The van der Waals surface area contributed by atoms with Crippen molar-refractivity contribution in [3.63, 3.8) is 0 Å². The van der Waals surface area contributed by atoms with Crippen LogP contribution in [0.2, 0.25) is 0 Å². The molecule has 2 heterocycles. The van der Waals surface area contributed by atoms with Crippen molar-refractivity contribution in [1.29, 1.82) is 0 Å². The number of thiophene rings is 1. The number of ether oxygens (including phenoxy) is 1. The van der Waals surface area contributed by atoms with E-state index < -0.39 is 0 Å². The van der Waals surface area contributed by atoms with Gasteiger partial charge in [0.05, 0.1) is 17.7 Å². The Bertz CT molecular complexity index is 408. The fraction of sp³-hybridized carbons (Fsp3) is 0.643. The van der Waals surface area contributed by atoms with E-state index >= 15 is 0 Å². The molecule has 0 aromatic carbocycles. The number of carbonyl (C=O) groups is 1. The van der Waals surface area contributed by atoms with Gasteiger partial charge in [0.2, 0.25) is 0 Å². The van der Waals surface area contributed by atoms with Crippen molar-refractivity contribution >= 4 is 17.2 Å². The van der Waals surface area contributed by atoms with Gasteiger partial charge < -0.3 is 10.1 Å². The van der Waals surface area contributed by atoms with Crippen LogP contribution < -0.4 is 5.32 Å². The van der Waals surface area contributed by atoms with E-state index in [-0.39, 0.29) is 18.1 Å². The van der Waals surface area contributed by atoms with Crippen molar-refractivity contribution in [3.05, 3.63) is 21.9 Å². The summed E-state index contributed by atoms with van der Waals surface area (Å²) in [5.74, 6) is 0.494. The zero-order chi connectivity index (χ0) is 13.1. The summed E-state index contributed by atoms with van der Waals surface area (Å²) in [6, 6.07) is 2.08. The van der Waals surface area contributed by atoms with Crippen LogP contribution in [0.1, 0.15) is 54.8 Å². The Balaban J connectivity index is 1.93. The van der Waals surface area contributed by atoms with Crippen molar-refractivity contribution in [3.8, 4) is 0 Å². The molecule has 1 amide bonds. The Labute approximate surface area is 113 Å². The van der Waals surface area contributed by atoms with Crippen LogP contribution in [-0.2, 0) is 4.74 Å². The molecular formula is C14H21NO2S. The second kappa shape index (κ2) is 5.85. The lowest BCUT2D eigenvalue weighted by atomic mass is 10.1. The topological polar surface area (TPSA) is 38.3 Å². The molecule has 0 radical (unpaired) electrons. The highest BCUT2D eigenvalue weighted by molar-refractivity contribution is 7.10. The van der Waals surface area contributed by atoms with Gasteiger partial charge in [0.1, 0.15) is 0 Å². The van der Waals surface area contributed by atoms with E-state index in [1.807, 2.05) is 18.4 Å². The van der Waals surface area contributed by atoms with Gasteiger partial charge >= 0.3 is 0 Å². The molecule has 0 bridgehead atoms. The van der Waals surface area contributed by atoms with Crippen LogP contribution in [0.4, 0.5) is 0 Å². The van der Waals surface area contributed by atoms with Gasteiger partial charge in [0.15, 0.2) is 0 Å². The molecule has 0 unspecified atom stereocenters. The third kappa shape index (κ3) is 3.12. The maximum absolute atomic E-state index is 12.1. The Morgan fingerprint density at radius 3 is 2.83 bits per heavy atom.